The van der Waals surface area contributed by atoms with Crippen molar-refractivity contribution in [1.82, 2.24) is 4.90 Å². The first-order valence-corrected chi connectivity index (χ1v) is 5.66. The van der Waals surface area contributed by atoms with E-state index in [-0.39, 0.29) is 5.91 Å². The summed E-state index contributed by atoms with van der Waals surface area (Å²) >= 11 is 0. The highest BCUT2D eigenvalue weighted by atomic mass is 16.2. The van der Waals surface area contributed by atoms with Gasteiger partial charge in [-0.05, 0) is 30.7 Å². The summed E-state index contributed by atoms with van der Waals surface area (Å²) in [6.45, 7) is 3.96. The Bertz CT molecular complexity index is 457. The van der Waals surface area contributed by atoms with Crippen LogP contribution >= 0.6 is 0 Å². The Balaban J connectivity index is 2.23. The Morgan fingerprint density at radius 1 is 1.29 bits per heavy atom. The van der Waals surface area contributed by atoms with Crippen LogP contribution in [0.25, 0.3) is 0 Å². The van der Waals surface area contributed by atoms with Gasteiger partial charge in [-0.1, -0.05) is 0 Å². The monoisotopic (exact) mass is 232 g/mol. The van der Waals surface area contributed by atoms with E-state index in [1.54, 1.807) is 11.0 Å². The molecule has 1 aromatic carbocycles. The van der Waals surface area contributed by atoms with Crippen LogP contribution in [0.4, 0.5) is 5.69 Å². The molecule has 1 heterocycles. The summed E-state index contributed by atoms with van der Waals surface area (Å²) in [5.41, 5.74) is 2.75. The van der Waals surface area contributed by atoms with Crippen LogP contribution in [0.3, 0.4) is 0 Å². The number of aryl methyl sites for hydroxylation is 1. The van der Waals surface area contributed by atoms with E-state index in [9.17, 15) is 9.59 Å². The lowest BCUT2D eigenvalue weighted by molar-refractivity contribution is -0.129. The number of anilines is 1. The number of aldehydes is 1. The van der Waals surface area contributed by atoms with Crippen molar-refractivity contribution in [3.05, 3.63) is 29.3 Å². The van der Waals surface area contributed by atoms with Crippen LogP contribution in [0.2, 0.25) is 0 Å². The van der Waals surface area contributed by atoms with Gasteiger partial charge >= 0.3 is 0 Å². The normalized spacial score (nSPS) is 16.2. The molecule has 1 saturated heterocycles. The van der Waals surface area contributed by atoms with Gasteiger partial charge in [0.15, 0.2) is 0 Å². The number of piperazine rings is 1. The molecule has 4 nitrogen and oxygen atoms in total. The van der Waals surface area contributed by atoms with Crippen molar-refractivity contribution in [1.29, 1.82) is 0 Å². The Morgan fingerprint density at radius 3 is 2.65 bits per heavy atom. The minimum Gasteiger partial charge on any atom is -0.360 e. The summed E-state index contributed by atoms with van der Waals surface area (Å²) in [5.74, 6) is 0.134. The fourth-order valence-corrected chi connectivity index (χ4v) is 2.07. The lowest BCUT2D eigenvalue weighted by atomic mass is 10.1. The van der Waals surface area contributed by atoms with Gasteiger partial charge in [-0.15, -0.1) is 0 Å². The number of hydrogen-bond donors (Lipinski definition) is 0. The zero-order chi connectivity index (χ0) is 12.4. The van der Waals surface area contributed by atoms with E-state index in [1.165, 1.54) is 0 Å². The SMILES string of the molecule is Cc1cc(C=O)ccc1N1CCN(C)C(=O)C1. The minimum atomic E-state index is 0.134. The van der Waals surface area contributed by atoms with Crippen molar-refractivity contribution in [3.63, 3.8) is 0 Å². The fourth-order valence-electron chi connectivity index (χ4n) is 2.07. The molecule has 1 fully saturated rings. The highest BCUT2D eigenvalue weighted by molar-refractivity contribution is 5.83. The van der Waals surface area contributed by atoms with Crippen molar-refractivity contribution < 1.29 is 9.59 Å². The van der Waals surface area contributed by atoms with E-state index in [1.807, 2.05) is 26.1 Å². The maximum Gasteiger partial charge on any atom is 0.241 e. The number of rotatable bonds is 2. The summed E-state index contributed by atoms with van der Waals surface area (Å²) in [5, 5.41) is 0. The number of hydrogen-bond acceptors (Lipinski definition) is 3. The summed E-state index contributed by atoms with van der Waals surface area (Å²) in [7, 11) is 1.82. The molecule has 90 valence electrons. The Hall–Kier alpha value is -1.84. The van der Waals surface area contributed by atoms with Gasteiger partial charge in [0.1, 0.15) is 6.29 Å². The van der Waals surface area contributed by atoms with Gasteiger partial charge in [-0.3, -0.25) is 9.59 Å². The van der Waals surface area contributed by atoms with Crippen LogP contribution in [-0.2, 0) is 4.79 Å². The first-order valence-electron chi connectivity index (χ1n) is 5.66. The third kappa shape index (κ3) is 2.30. The van der Waals surface area contributed by atoms with Crippen molar-refractivity contribution in [2.75, 3.05) is 31.6 Å². The molecule has 1 aromatic rings. The second-order valence-corrected chi connectivity index (χ2v) is 4.40. The Labute approximate surface area is 101 Å². The first-order chi connectivity index (χ1) is 8.11. The summed E-state index contributed by atoms with van der Waals surface area (Å²) < 4.78 is 0. The molecule has 0 unspecified atom stereocenters. The molecule has 1 aliphatic heterocycles. The van der Waals surface area contributed by atoms with Crippen LogP contribution < -0.4 is 4.90 Å². The number of likely N-dealkylation sites (N-methyl/N-ethyl adjacent to an activating group) is 1. The van der Waals surface area contributed by atoms with Crippen LogP contribution in [0.5, 0.6) is 0 Å². The zero-order valence-corrected chi connectivity index (χ0v) is 10.1. The molecule has 0 atom stereocenters. The number of amides is 1. The molecular formula is C13H16N2O2. The maximum absolute atomic E-state index is 11.6. The van der Waals surface area contributed by atoms with E-state index < -0.39 is 0 Å². The van der Waals surface area contributed by atoms with Crippen molar-refractivity contribution in [2.24, 2.45) is 0 Å². The summed E-state index contributed by atoms with van der Waals surface area (Å²) in [4.78, 5) is 26.1. The molecule has 1 amide bonds. The van der Waals surface area contributed by atoms with Crippen LogP contribution in [-0.4, -0.2) is 43.8 Å². The lowest BCUT2D eigenvalue weighted by Crippen LogP contribution is -2.48. The molecule has 17 heavy (non-hydrogen) atoms. The van der Waals surface area contributed by atoms with Gasteiger partial charge < -0.3 is 9.80 Å². The fraction of sp³-hybridized carbons (Fsp3) is 0.385. The average molecular weight is 232 g/mol. The van der Waals surface area contributed by atoms with E-state index in [2.05, 4.69) is 4.90 Å². The standard InChI is InChI=1S/C13H16N2O2/c1-10-7-11(9-16)3-4-12(10)15-6-5-14(2)13(17)8-15/h3-4,7,9H,5-6,8H2,1-2H3. The van der Waals surface area contributed by atoms with Gasteiger partial charge in [-0.25, -0.2) is 0 Å². The summed E-state index contributed by atoms with van der Waals surface area (Å²) in [6.07, 6.45) is 0.839. The van der Waals surface area contributed by atoms with E-state index >= 15 is 0 Å². The van der Waals surface area contributed by atoms with Gasteiger partial charge in [0.05, 0.1) is 6.54 Å². The molecule has 0 aliphatic carbocycles. The molecule has 0 saturated carbocycles. The smallest absolute Gasteiger partial charge is 0.241 e. The second kappa shape index (κ2) is 4.57. The second-order valence-electron chi connectivity index (χ2n) is 4.40. The van der Waals surface area contributed by atoms with E-state index in [0.717, 1.165) is 30.6 Å². The molecule has 0 spiro atoms. The Kier molecular flexibility index (Phi) is 3.13. The highest BCUT2D eigenvalue weighted by Crippen LogP contribution is 2.22. The van der Waals surface area contributed by atoms with E-state index in [4.69, 9.17) is 0 Å². The quantitative estimate of drug-likeness (QED) is 0.717. The summed E-state index contributed by atoms with van der Waals surface area (Å²) in [6, 6.07) is 5.56. The number of nitrogens with zero attached hydrogens (tertiary/aromatic N) is 2. The lowest BCUT2D eigenvalue weighted by Gasteiger charge is -2.34. The van der Waals surface area contributed by atoms with Gasteiger partial charge in [0.25, 0.3) is 0 Å². The van der Waals surface area contributed by atoms with Crippen LogP contribution in [0.1, 0.15) is 15.9 Å². The molecule has 0 N–H and O–H groups in total. The Morgan fingerprint density at radius 2 is 2.06 bits per heavy atom. The van der Waals surface area contributed by atoms with Crippen molar-refractivity contribution in [2.45, 2.75) is 6.92 Å². The molecule has 1 aliphatic rings. The van der Waals surface area contributed by atoms with Gasteiger partial charge in [0.2, 0.25) is 5.91 Å². The van der Waals surface area contributed by atoms with Crippen molar-refractivity contribution in [3.8, 4) is 0 Å². The number of carbonyl (C=O) groups excluding carboxylic acids is 2. The topological polar surface area (TPSA) is 40.6 Å². The first kappa shape index (κ1) is 11.6. The average Bonchev–Trinajstić information content (AvgIpc) is 2.32. The maximum atomic E-state index is 11.6. The van der Waals surface area contributed by atoms with Crippen LogP contribution in [0, 0.1) is 6.92 Å². The molecule has 0 radical (unpaired) electrons. The van der Waals surface area contributed by atoms with Gasteiger partial charge in [0, 0.05) is 31.4 Å². The van der Waals surface area contributed by atoms with Crippen LogP contribution in [0.15, 0.2) is 18.2 Å². The zero-order valence-electron chi connectivity index (χ0n) is 10.1. The number of benzene rings is 1. The molecule has 2 rings (SSSR count). The third-order valence-corrected chi connectivity index (χ3v) is 3.15. The predicted octanol–water partition coefficient (Wildman–Crippen LogP) is 1.09. The molecule has 0 aromatic heterocycles. The predicted molar refractivity (Wildman–Crippen MR) is 66.4 cm³/mol. The van der Waals surface area contributed by atoms with E-state index in [0.29, 0.717) is 12.1 Å². The van der Waals surface area contributed by atoms with Crippen molar-refractivity contribution >= 4 is 17.9 Å². The highest BCUT2D eigenvalue weighted by Gasteiger charge is 2.21. The molecular weight excluding hydrogens is 216 g/mol. The largest absolute Gasteiger partial charge is 0.360 e. The molecule has 4 heteroatoms. The third-order valence-electron chi connectivity index (χ3n) is 3.15. The minimum absolute atomic E-state index is 0.134. The van der Waals surface area contributed by atoms with Gasteiger partial charge in [-0.2, -0.15) is 0 Å². The number of carbonyl (C=O) groups is 2. The molecule has 0 bridgehead atoms.